The number of nitrogens with zero attached hydrogens (tertiary/aromatic N) is 3. The standard InChI is InChI=1S/C12H15N3O3/c1-9(16)14-4-6-15(7-5-14)10-2-3-13-11(8-10)12(17)18/h2-3,8H,4-7H2,1H3,(H,17,18). The predicted octanol–water partition coefficient (Wildman–Crippen LogP) is 0.448. The molecule has 0 atom stereocenters. The van der Waals surface area contributed by atoms with E-state index in [1.807, 2.05) is 0 Å². The van der Waals surface area contributed by atoms with Gasteiger partial charge >= 0.3 is 5.97 Å². The summed E-state index contributed by atoms with van der Waals surface area (Å²) >= 11 is 0. The smallest absolute Gasteiger partial charge is 0.354 e. The Hall–Kier alpha value is -2.11. The molecule has 0 aromatic carbocycles. The third kappa shape index (κ3) is 2.58. The van der Waals surface area contributed by atoms with Gasteiger partial charge in [-0.3, -0.25) is 4.79 Å². The molecule has 2 heterocycles. The van der Waals surface area contributed by atoms with Gasteiger partial charge in [0.1, 0.15) is 5.69 Å². The van der Waals surface area contributed by atoms with Gasteiger partial charge in [0.25, 0.3) is 0 Å². The van der Waals surface area contributed by atoms with Gasteiger partial charge in [-0.15, -0.1) is 0 Å². The van der Waals surface area contributed by atoms with E-state index in [0.717, 1.165) is 5.69 Å². The zero-order chi connectivity index (χ0) is 13.1. The molecule has 1 aliphatic rings. The number of carbonyl (C=O) groups is 2. The summed E-state index contributed by atoms with van der Waals surface area (Å²) in [7, 11) is 0. The number of carbonyl (C=O) groups excluding carboxylic acids is 1. The van der Waals surface area contributed by atoms with Crippen LogP contribution in [0, 0.1) is 0 Å². The molecule has 0 aliphatic carbocycles. The molecule has 1 N–H and O–H groups in total. The summed E-state index contributed by atoms with van der Waals surface area (Å²) < 4.78 is 0. The van der Waals surface area contributed by atoms with Gasteiger partial charge in [-0.1, -0.05) is 0 Å². The average Bonchev–Trinajstić information content (AvgIpc) is 2.39. The maximum absolute atomic E-state index is 11.2. The number of aromatic carboxylic acids is 1. The lowest BCUT2D eigenvalue weighted by molar-refractivity contribution is -0.129. The van der Waals surface area contributed by atoms with Crippen LogP contribution in [0.15, 0.2) is 18.3 Å². The fourth-order valence-electron chi connectivity index (χ4n) is 2.01. The molecule has 6 heteroatoms. The van der Waals surface area contributed by atoms with Gasteiger partial charge in [0.05, 0.1) is 0 Å². The van der Waals surface area contributed by atoms with Crippen LogP contribution >= 0.6 is 0 Å². The molecule has 1 saturated heterocycles. The van der Waals surface area contributed by atoms with Crippen LogP contribution in [0.25, 0.3) is 0 Å². The zero-order valence-electron chi connectivity index (χ0n) is 10.2. The summed E-state index contributed by atoms with van der Waals surface area (Å²) in [5.41, 5.74) is 0.882. The first-order chi connectivity index (χ1) is 8.58. The lowest BCUT2D eigenvalue weighted by Gasteiger charge is -2.35. The van der Waals surface area contributed by atoms with Crippen molar-refractivity contribution < 1.29 is 14.7 Å². The number of pyridine rings is 1. The van der Waals surface area contributed by atoms with Crippen LogP contribution in [0.3, 0.4) is 0 Å². The minimum atomic E-state index is -1.03. The second-order valence-corrected chi connectivity index (χ2v) is 4.20. The minimum Gasteiger partial charge on any atom is -0.477 e. The Balaban J connectivity index is 2.07. The fourth-order valence-corrected chi connectivity index (χ4v) is 2.01. The van der Waals surface area contributed by atoms with Gasteiger partial charge in [0, 0.05) is 45.0 Å². The summed E-state index contributed by atoms with van der Waals surface area (Å²) in [6, 6.07) is 3.35. The number of anilines is 1. The lowest BCUT2D eigenvalue weighted by Crippen LogP contribution is -2.48. The molecule has 96 valence electrons. The second-order valence-electron chi connectivity index (χ2n) is 4.20. The number of carboxylic acids is 1. The highest BCUT2D eigenvalue weighted by Gasteiger charge is 2.19. The van der Waals surface area contributed by atoms with Crippen LogP contribution in [0.1, 0.15) is 17.4 Å². The third-order valence-electron chi connectivity index (χ3n) is 3.05. The summed E-state index contributed by atoms with van der Waals surface area (Å²) in [6.45, 7) is 4.32. The first-order valence-corrected chi connectivity index (χ1v) is 5.78. The Morgan fingerprint density at radius 1 is 1.28 bits per heavy atom. The Kier molecular flexibility index (Phi) is 3.45. The van der Waals surface area contributed by atoms with E-state index in [2.05, 4.69) is 9.88 Å². The lowest BCUT2D eigenvalue weighted by atomic mass is 10.2. The van der Waals surface area contributed by atoms with Crippen LogP contribution < -0.4 is 4.90 Å². The Morgan fingerprint density at radius 3 is 2.50 bits per heavy atom. The molecule has 1 aromatic rings. The SMILES string of the molecule is CC(=O)N1CCN(c2ccnc(C(=O)O)c2)CC1. The Labute approximate surface area is 105 Å². The maximum atomic E-state index is 11.2. The molecule has 1 aliphatic heterocycles. The van der Waals surface area contributed by atoms with Crippen molar-refractivity contribution in [2.75, 3.05) is 31.1 Å². The molecule has 18 heavy (non-hydrogen) atoms. The van der Waals surface area contributed by atoms with Gasteiger partial charge in [0.15, 0.2) is 0 Å². The van der Waals surface area contributed by atoms with E-state index >= 15 is 0 Å². The van der Waals surface area contributed by atoms with Gasteiger partial charge in [-0.05, 0) is 12.1 Å². The average molecular weight is 249 g/mol. The maximum Gasteiger partial charge on any atom is 0.354 e. The summed E-state index contributed by atoms with van der Waals surface area (Å²) in [5.74, 6) is -0.949. The van der Waals surface area contributed by atoms with Crippen molar-refractivity contribution >= 4 is 17.6 Å². The molecule has 1 aromatic heterocycles. The number of hydrogen-bond donors (Lipinski definition) is 1. The first kappa shape index (κ1) is 12.3. The van der Waals surface area contributed by atoms with Crippen molar-refractivity contribution in [2.45, 2.75) is 6.92 Å². The van der Waals surface area contributed by atoms with Crippen LogP contribution in [-0.4, -0.2) is 53.0 Å². The molecule has 1 fully saturated rings. The second kappa shape index (κ2) is 5.03. The zero-order valence-corrected chi connectivity index (χ0v) is 10.2. The van der Waals surface area contributed by atoms with Crippen molar-refractivity contribution in [3.63, 3.8) is 0 Å². The Morgan fingerprint density at radius 2 is 1.94 bits per heavy atom. The van der Waals surface area contributed by atoms with E-state index in [9.17, 15) is 9.59 Å². The molecule has 0 bridgehead atoms. The molecule has 6 nitrogen and oxygen atoms in total. The minimum absolute atomic E-state index is 0.0431. The number of aromatic nitrogens is 1. The highest BCUT2D eigenvalue weighted by molar-refractivity contribution is 5.86. The topological polar surface area (TPSA) is 73.7 Å². The molecule has 1 amide bonds. The van der Waals surface area contributed by atoms with Gasteiger partial charge in [-0.2, -0.15) is 0 Å². The monoisotopic (exact) mass is 249 g/mol. The molecule has 0 unspecified atom stereocenters. The fraction of sp³-hybridized carbons (Fsp3) is 0.417. The molecule has 2 rings (SSSR count). The summed E-state index contributed by atoms with van der Waals surface area (Å²) in [6.07, 6.45) is 1.50. The number of rotatable bonds is 2. The largest absolute Gasteiger partial charge is 0.477 e. The van der Waals surface area contributed by atoms with Crippen molar-refractivity contribution in [2.24, 2.45) is 0 Å². The van der Waals surface area contributed by atoms with E-state index in [-0.39, 0.29) is 11.6 Å². The normalized spacial score (nSPS) is 15.6. The quantitative estimate of drug-likeness (QED) is 0.823. The molecule has 0 spiro atoms. The van der Waals surface area contributed by atoms with E-state index in [1.165, 1.54) is 6.20 Å². The number of amides is 1. The molecule has 0 saturated carbocycles. The van der Waals surface area contributed by atoms with Crippen LogP contribution in [-0.2, 0) is 4.79 Å². The third-order valence-corrected chi connectivity index (χ3v) is 3.05. The molecular weight excluding hydrogens is 234 g/mol. The van der Waals surface area contributed by atoms with Gasteiger partial charge in [0.2, 0.25) is 5.91 Å². The Bertz CT molecular complexity index is 467. The van der Waals surface area contributed by atoms with Crippen molar-refractivity contribution in [1.29, 1.82) is 0 Å². The van der Waals surface area contributed by atoms with Crippen molar-refractivity contribution in [1.82, 2.24) is 9.88 Å². The predicted molar refractivity (Wildman–Crippen MR) is 65.7 cm³/mol. The summed E-state index contributed by atoms with van der Waals surface area (Å²) in [4.78, 5) is 29.7. The van der Waals surface area contributed by atoms with Crippen LogP contribution in [0.2, 0.25) is 0 Å². The number of hydrogen-bond acceptors (Lipinski definition) is 4. The highest BCUT2D eigenvalue weighted by atomic mass is 16.4. The highest BCUT2D eigenvalue weighted by Crippen LogP contribution is 2.16. The van der Waals surface area contributed by atoms with Crippen LogP contribution in [0.4, 0.5) is 5.69 Å². The van der Waals surface area contributed by atoms with E-state index in [4.69, 9.17) is 5.11 Å². The van der Waals surface area contributed by atoms with Crippen molar-refractivity contribution in [3.05, 3.63) is 24.0 Å². The van der Waals surface area contributed by atoms with E-state index in [0.29, 0.717) is 26.2 Å². The van der Waals surface area contributed by atoms with Gasteiger partial charge in [-0.25, -0.2) is 9.78 Å². The first-order valence-electron chi connectivity index (χ1n) is 5.78. The molecule has 0 radical (unpaired) electrons. The van der Waals surface area contributed by atoms with Crippen LogP contribution in [0.5, 0.6) is 0 Å². The number of carboxylic acid groups (broad SMARTS) is 1. The van der Waals surface area contributed by atoms with Gasteiger partial charge < -0.3 is 14.9 Å². The van der Waals surface area contributed by atoms with Crippen molar-refractivity contribution in [3.8, 4) is 0 Å². The molecular formula is C12H15N3O3. The van der Waals surface area contributed by atoms with E-state index < -0.39 is 5.97 Å². The number of piperazine rings is 1. The van der Waals surface area contributed by atoms with E-state index in [1.54, 1.807) is 24.0 Å². The summed E-state index contributed by atoms with van der Waals surface area (Å²) in [5, 5.41) is 8.89.